The van der Waals surface area contributed by atoms with Gasteiger partial charge in [-0.05, 0) is 75.0 Å². The molecule has 1 aromatic heterocycles. The van der Waals surface area contributed by atoms with E-state index in [0.717, 1.165) is 45.3 Å². The minimum absolute atomic E-state index is 0.116. The zero-order valence-corrected chi connectivity index (χ0v) is 17.0. The first-order chi connectivity index (χ1) is 14.2. The van der Waals surface area contributed by atoms with E-state index >= 15 is 0 Å². The van der Waals surface area contributed by atoms with Gasteiger partial charge in [-0.1, -0.05) is 6.92 Å². The highest BCUT2D eigenvalue weighted by atomic mass is 16.3. The van der Waals surface area contributed by atoms with E-state index in [4.69, 9.17) is 4.42 Å². The van der Waals surface area contributed by atoms with Gasteiger partial charge in [0.1, 0.15) is 0 Å². The topological polar surface area (TPSA) is 65.8 Å². The van der Waals surface area contributed by atoms with Gasteiger partial charge in [-0.3, -0.25) is 9.59 Å². The molecule has 1 saturated carbocycles. The molecule has 1 aliphatic carbocycles. The number of furan rings is 1. The van der Waals surface area contributed by atoms with E-state index in [1.807, 2.05) is 12.1 Å². The molecule has 154 valence electrons. The van der Waals surface area contributed by atoms with E-state index in [1.165, 1.54) is 12.7 Å². The van der Waals surface area contributed by atoms with Crippen LogP contribution in [0.2, 0.25) is 0 Å². The highest BCUT2D eigenvalue weighted by Crippen LogP contribution is 2.33. The summed E-state index contributed by atoms with van der Waals surface area (Å²) in [4.78, 5) is 30.0. The number of anilines is 1. The third kappa shape index (κ3) is 4.70. The summed E-state index contributed by atoms with van der Waals surface area (Å²) in [6, 6.07) is 11.2. The molecule has 2 fully saturated rings. The van der Waals surface area contributed by atoms with Crippen molar-refractivity contribution in [1.29, 1.82) is 0 Å². The number of rotatable bonds is 7. The van der Waals surface area contributed by atoms with Crippen molar-refractivity contribution in [2.75, 3.05) is 25.0 Å². The van der Waals surface area contributed by atoms with Crippen LogP contribution in [0.4, 0.5) is 5.69 Å². The number of nitrogens with one attached hydrogen (secondary N) is 1. The van der Waals surface area contributed by atoms with Crippen LogP contribution in [0.15, 0.2) is 47.1 Å². The van der Waals surface area contributed by atoms with Gasteiger partial charge >= 0.3 is 0 Å². The SMILES string of the molecule is CCCN1CCC(N(C(=O)c2ccc(NC(=O)c3ccco3)cc2)C2CC2)CC1. The summed E-state index contributed by atoms with van der Waals surface area (Å²) in [7, 11) is 0. The highest BCUT2D eigenvalue weighted by Gasteiger charge is 2.38. The molecule has 0 radical (unpaired) electrons. The first-order valence-electron chi connectivity index (χ1n) is 10.7. The molecule has 6 heteroatoms. The van der Waals surface area contributed by atoms with E-state index in [0.29, 0.717) is 23.3 Å². The van der Waals surface area contributed by atoms with Crippen LogP contribution in [0.1, 0.15) is 59.9 Å². The fourth-order valence-corrected chi connectivity index (χ4v) is 4.17. The zero-order chi connectivity index (χ0) is 20.2. The molecule has 2 aliphatic rings. The zero-order valence-electron chi connectivity index (χ0n) is 17.0. The van der Waals surface area contributed by atoms with E-state index < -0.39 is 0 Å². The molecule has 1 N–H and O–H groups in total. The van der Waals surface area contributed by atoms with Crippen molar-refractivity contribution in [1.82, 2.24) is 9.80 Å². The van der Waals surface area contributed by atoms with E-state index in [1.54, 1.807) is 24.3 Å². The number of hydrogen-bond donors (Lipinski definition) is 1. The Labute approximate surface area is 171 Å². The maximum absolute atomic E-state index is 13.3. The molecule has 2 aromatic rings. The third-order valence-corrected chi connectivity index (χ3v) is 5.80. The second-order valence-electron chi connectivity index (χ2n) is 8.03. The largest absolute Gasteiger partial charge is 0.459 e. The lowest BCUT2D eigenvalue weighted by Crippen LogP contribution is -2.48. The fraction of sp³-hybridized carbons (Fsp3) is 0.478. The predicted molar refractivity (Wildman–Crippen MR) is 112 cm³/mol. The summed E-state index contributed by atoms with van der Waals surface area (Å²) < 4.78 is 5.11. The molecule has 1 saturated heterocycles. The van der Waals surface area contributed by atoms with E-state index in [2.05, 4.69) is 22.0 Å². The highest BCUT2D eigenvalue weighted by molar-refractivity contribution is 6.02. The number of carbonyl (C=O) groups excluding carboxylic acids is 2. The Morgan fingerprint density at radius 2 is 1.76 bits per heavy atom. The van der Waals surface area contributed by atoms with Crippen molar-refractivity contribution in [2.45, 2.75) is 51.1 Å². The van der Waals surface area contributed by atoms with Gasteiger partial charge in [0.05, 0.1) is 6.26 Å². The lowest BCUT2D eigenvalue weighted by atomic mass is 10.0. The Hall–Kier alpha value is -2.60. The van der Waals surface area contributed by atoms with Crippen LogP contribution in [-0.2, 0) is 0 Å². The van der Waals surface area contributed by atoms with Gasteiger partial charge in [0.15, 0.2) is 5.76 Å². The first kappa shape index (κ1) is 19.7. The van der Waals surface area contributed by atoms with Crippen molar-refractivity contribution in [3.8, 4) is 0 Å². The van der Waals surface area contributed by atoms with Crippen LogP contribution in [0.25, 0.3) is 0 Å². The van der Waals surface area contributed by atoms with Crippen LogP contribution < -0.4 is 5.32 Å². The number of amides is 2. The summed E-state index contributed by atoms with van der Waals surface area (Å²) in [5.74, 6) is 0.0809. The molecular weight excluding hydrogens is 366 g/mol. The first-order valence-corrected chi connectivity index (χ1v) is 10.7. The lowest BCUT2D eigenvalue weighted by Gasteiger charge is -2.39. The predicted octanol–water partition coefficient (Wildman–Crippen LogP) is 4.01. The minimum atomic E-state index is -0.299. The molecule has 1 aliphatic heterocycles. The maximum atomic E-state index is 13.3. The molecule has 6 nitrogen and oxygen atoms in total. The Balaban J connectivity index is 1.40. The molecule has 0 spiro atoms. The number of piperidine rings is 1. The number of benzene rings is 1. The monoisotopic (exact) mass is 395 g/mol. The number of likely N-dealkylation sites (tertiary alicyclic amines) is 1. The Bertz CT molecular complexity index is 820. The van der Waals surface area contributed by atoms with Gasteiger partial charge in [-0.15, -0.1) is 0 Å². The molecular formula is C23H29N3O3. The van der Waals surface area contributed by atoms with Crippen LogP contribution in [0.3, 0.4) is 0 Å². The van der Waals surface area contributed by atoms with Crippen molar-refractivity contribution in [2.24, 2.45) is 0 Å². The van der Waals surface area contributed by atoms with Crippen molar-refractivity contribution in [3.05, 3.63) is 54.0 Å². The van der Waals surface area contributed by atoms with Gasteiger partial charge in [-0.25, -0.2) is 0 Å². The summed E-state index contributed by atoms with van der Waals surface area (Å²) in [6.07, 6.45) is 6.98. The van der Waals surface area contributed by atoms with Gasteiger partial charge in [0.2, 0.25) is 0 Å². The average Bonchev–Trinajstić information content (AvgIpc) is 3.41. The molecule has 29 heavy (non-hydrogen) atoms. The van der Waals surface area contributed by atoms with E-state index in [-0.39, 0.29) is 17.6 Å². The summed E-state index contributed by atoms with van der Waals surface area (Å²) >= 11 is 0. The fourth-order valence-electron chi connectivity index (χ4n) is 4.17. The van der Waals surface area contributed by atoms with Gasteiger partial charge in [-0.2, -0.15) is 0 Å². The van der Waals surface area contributed by atoms with Gasteiger partial charge < -0.3 is 19.5 Å². The minimum Gasteiger partial charge on any atom is -0.459 e. The second kappa shape index (κ2) is 8.82. The molecule has 2 heterocycles. The maximum Gasteiger partial charge on any atom is 0.291 e. The number of hydrogen-bond acceptors (Lipinski definition) is 4. The van der Waals surface area contributed by atoms with Crippen molar-refractivity contribution >= 4 is 17.5 Å². The Morgan fingerprint density at radius 1 is 1.07 bits per heavy atom. The van der Waals surface area contributed by atoms with Crippen LogP contribution >= 0.6 is 0 Å². The molecule has 0 atom stereocenters. The molecule has 4 rings (SSSR count). The average molecular weight is 396 g/mol. The Kier molecular flexibility index (Phi) is 6.00. The molecule has 2 amide bonds. The normalized spacial score (nSPS) is 17.8. The van der Waals surface area contributed by atoms with E-state index in [9.17, 15) is 9.59 Å². The summed E-state index contributed by atoms with van der Waals surface area (Å²) in [6.45, 7) is 5.52. The summed E-state index contributed by atoms with van der Waals surface area (Å²) in [5, 5.41) is 2.79. The molecule has 0 bridgehead atoms. The van der Waals surface area contributed by atoms with Gasteiger partial charge in [0.25, 0.3) is 11.8 Å². The second-order valence-corrected chi connectivity index (χ2v) is 8.03. The van der Waals surface area contributed by atoms with Crippen LogP contribution in [0, 0.1) is 0 Å². The number of carbonyl (C=O) groups is 2. The van der Waals surface area contributed by atoms with Crippen LogP contribution in [-0.4, -0.2) is 53.3 Å². The quantitative estimate of drug-likeness (QED) is 0.769. The van der Waals surface area contributed by atoms with Crippen molar-refractivity contribution in [3.63, 3.8) is 0 Å². The number of nitrogens with zero attached hydrogens (tertiary/aromatic N) is 2. The smallest absolute Gasteiger partial charge is 0.291 e. The summed E-state index contributed by atoms with van der Waals surface area (Å²) in [5.41, 5.74) is 1.33. The van der Waals surface area contributed by atoms with Crippen LogP contribution in [0.5, 0.6) is 0 Å². The standard InChI is InChI=1S/C23H29N3O3/c1-2-13-25-14-11-20(12-15-25)26(19-9-10-19)23(28)17-5-7-18(8-6-17)24-22(27)21-4-3-16-29-21/h3-8,16,19-20H,2,9-15H2,1H3,(H,24,27). The Morgan fingerprint density at radius 3 is 2.34 bits per heavy atom. The van der Waals surface area contributed by atoms with Gasteiger partial charge in [0, 0.05) is 36.4 Å². The lowest BCUT2D eigenvalue weighted by molar-refractivity contribution is 0.0549. The third-order valence-electron chi connectivity index (χ3n) is 5.80. The molecule has 1 aromatic carbocycles. The van der Waals surface area contributed by atoms with Crippen molar-refractivity contribution < 1.29 is 14.0 Å². The molecule has 0 unspecified atom stereocenters.